The van der Waals surface area contributed by atoms with Gasteiger partial charge in [0.25, 0.3) is 0 Å². The van der Waals surface area contributed by atoms with Crippen LogP contribution in [-0.2, 0) is 9.16 Å². The van der Waals surface area contributed by atoms with Crippen molar-refractivity contribution in [2.75, 3.05) is 13.2 Å². The van der Waals surface area contributed by atoms with Crippen molar-refractivity contribution in [3.8, 4) is 0 Å². The minimum Gasteiger partial charge on any atom is -0.417 e. The number of allylic oxidation sites excluding steroid dienone is 1. The van der Waals surface area contributed by atoms with Crippen LogP contribution >= 0.6 is 0 Å². The van der Waals surface area contributed by atoms with Gasteiger partial charge in [-0.25, -0.2) is 0 Å². The molecule has 1 rings (SSSR count). The van der Waals surface area contributed by atoms with Gasteiger partial charge < -0.3 is 9.16 Å². The molecule has 1 saturated heterocycles. The number of epoxide rings is 1. The average Bonchev–Trinajstić information content (AvgIpc) is 3.04. The molecule has 0 spiro atoms. The molecule has 0 aliphatic carbocycles. The second-order valence-corrected chi connectivity index (χ2v) is 11.6. The van der Waals surface area contributed by atoms with Crippen molar-refractivity contribution in [1.82, 2.24) is 0 Å². The van der Waals surface area contributed by atoms with Gasteiger partial charge in [-0.2, -0.15) is 0 Å². The highest BCUT2D eigenvalue weighted by molar-refractivity contribution is 6.74. The van der Waals surface area contributed by atoms with E-state index in [1.54, 1.807) is 0 Å². The SMILES string of the molecule is CC(C)(C)[Si](C)(C)OCCCC/C=C\C[C@@H]1CO1. The van der Waals surface area contributed by atoms with Crippen molar-refractivity contribution in [3.63, 3.8) is 0 Å². The first-order valence-corrected chi connectivity index (χ1v) is 10.1. The van der Waals surface area contributed by atoms with Crippen molar-refractivity contribution in [2.45, 2.75) is 70.7 Å². The fourth-order valence-electron chi connectivity index (χ4n) is 1.48. The van der Waals surface area contributed by atoms with Gasteiger partial charge in [0.2, 0.25) is 0 Å². The third kappa shape index (κ3) is 6.16. The van der Waals surface area contributed by atoms with E-state index in [-0.39, 0.29) is 0 Å². The lowest BCUT2D eigenvalue weighted by Crippen LogP contribution is -2.40. The monoisotopic (exact) mass is 270 g/mol. The van der Waals surface area contributed by atoms with Crippen LogP contribution in [0.3, 0.4) is 0 Å². The Labute approximate surface area is 114 Å². The quantitative estimate of drug-likeness (QED) is 0.280. The molecule has 0 bridgehead atoms. The van der Waals surface area contributed by atoms with Gasteiger partial charge in [0.1, 0.15) is 0 Å². The van der Waals surface area contributed by atoms with E-state index in [1.807, 2.05) is 0 Å². The van der Waals surface area contributed by atoms with Crippen LogP contribution in [0, 0.1) is 0 Å². The van der Waals surface area contributed by atoms with E-state index in [0.717, 1.165) is 19.6 Å². The predicted octanol–water partition coefficient (Wildman–Crippen LogP) is 4.52. The number of hydrogen-bond acceptors (Lipinski definition) is 2. The second kappa shape index (κ2) is 6.87. The standard InChI is InChI=1S/C15H30O2Si/c1-15(2,3)18(4,5)17-12-10-8-6-7-9-11-14-13-16-14/h7,9,14H,6,8,10-13H2,1-5H3/b9-7-/t14-/m1/s1. The Morgan fingerprint density at radius 1 is 1.22 bits per heavy atom. The van der Waals surface area contributed by atoms with Crippen molar-refractivity contribution >= 4 is 8.32 Å². The molecule has 0 radical (unpaired) electrons. The zero-order chi connectivity index (χ0) is 13.6. The number of hydrogen-bond donors (Lipinski definition) is 0. The molecule has 1 atom stereocenters. The van der Waals surface area contributed by atoms with Crippen molar-refractivity contribution in [2.24, 2.45) is 0 Å². The van der Waals surface area contributed by atoms with E-state index in [0.29, 0.717) is 11.1 Å². The van der Waals surface area contributed by atoms with Gasteiger partial charge in [-0.1, -0.05) is 32.9 Å². The van der Waals surface area contributed by atoms with Crippen LogP contribution < -0.4 is 0 Å². The molecule has 1 aliphatic heterocycles. The summed E-state index contributed by atoms with van der Waals surface area (Å²) in [6.45, 7) is 13.4. The maximum absolute atomic E-state index is 6.14. The maximum Gasteiger partial charge on any atom is 0.191 e. The molecule has 0 unspecified atom stereocenters. The highest BCUT2D eigenvalue weighted by atomic mass is 28.4. The third-order valence-corrected chi connectivity index (χ3v) is 8.54. The summed E-state index contributed by atoms with van der Waals surface area (Å²) in [4.78, 5) is 0. The van der Waals surface area contributed by atoms with Crippen LogP contribution in [0.5, 0.6) is 0 Å². The van der Waals surface area contributed by atoms with Gasteiger partial charge in [0, 0.05) is 6.61 Å². The highest BCUT2D eigenvalue weighted by Crippen LogP contribution is 2.36. The Kier molecular flexibility index (Phi) is 6.08. The molecule has 0 aromatic rings. The second-order valence-electron chi connectivity index (χ2n) is 6.77. The Morgan fingerprint density at radius 2 is 1.89 bits per heavy atom. The Balaban J connectivity index is 1.98. The van der Waals surface area contributed by atoms with Crippen LogP contribution in [-0.4, -0.2) is 27.6 Å². The van der Waals surface area contributed by atoms with E-state index in [1.165, 1.54) is 19.3 Å². The molecule has 0 saturated carbocycles. The largest absolute Gasteiger partial charge is 0.417 e. The molecule has 3 heteroatoms. The highest BCUT2D eigenvalue weighted by Gasteiger charge is 2.36. The summed E-state index contributed by atoms with van der Waals surface area (Å²) < 4.78 is 11.3. The van der Waals surface area contributed by atoms with Crippen LogP contribution in [0.25, 0.3) is 0 Å². The van der Waals surface area contributed by atoms with E-state index in [4.69, 9.17) is 9.16 Å². The lowest BCUT2D eigenvalue weighted by molar-refractivity contribution is 0.279. The zero-order valence-corrected chi connectivity index (χ0v) is 13.8. The van der Waals surface area contributed by atoms with Crippen molar-refractivity contribution < 1.29 is 9.16 Å². The van der Waals surface area contributed by atoms with Gasteiger partial charge in [-0.15, -0.1) is 0 Å². The molecule has 1 fully saturated rings. The van der Waals surface area contributed by atoms with Crippen molar-refractivity contribution in [1.29, 1.82) is 0 Å². The molecule has 0 aromatic carbocycles. The van der Waals surface area contributed by atoms with Gasteiger partial charge in [-0.05, 0) is 43.8 Å². The molecule has 0 aromatic heterocycles. The van der Waals surface area contributed by atoms with Gasteiger partial charge in [-0.3, -0.25) is 0 Å². The fraction of sp³-hybridized carbons (Fsp3) is 0.867. The molecular weight excluding hydrogens is 240 g/mol. The van der Waals surface area contributed by atoms with Crippen LogP contribution in [0.15, 0.2) is 12.2 Å². The molecule has 0 amide bonds. The smallest absolute Gasteiger partial charge is 0.191 e. The van der Waals surface area contributed by atoms with Gasteiger partial charge in [0.15, 0.2) is 8.32 Å². The van der Waals surface area contributed by atoms with E-state index < -0.39 is 8.32 Å². The van der Waals surface area contributed by atoms with Crippen LogP contribution in [0.2, 0.25) is 18.1 Å². The summed E-state index contributed by atoms with van der Waals surface area (Å²) in [7, 11) is -1.52. The molecule has 106 valence electrons. The summed E-state index contributed by atoms with van der Waals surface area (Å²) in [5.74, 6) is 0. The Bertz CT molecular complexity index is 262. The number of ether oxygens (including phenoxy) is 1. The molecule has 1 heterocycles. The fourth-order valence-corrected chi connectivity index (χ4v) is 2.57. The first-order valence-electron chi connectivity index (χ1n) is 7.23. The molecule has 0 N–H and O–H groups in total. The summed E-state index contributed by atoms with van der Waals surface area (Å²) in [6, 6.07) is 0. The summed E-state index contributed by atoms with van der Waals surface area (Å²) in [5, 5.41) is 0.331. The van der Waals surface area contributed by atoms with E-state index in [9.17, 15) is 0 Å². The first kappa shape index (κ1) is 15.9. The predicted molar refractivity (Wildman–Crippen MR) is 80.5 cm³/mol. The summed E-state index contributed by atoms with van der Waals surface area (Å²) >= 11 is 0. The third-order valence-electron chi connectivity index (χ3n) is 4.00. The van der Waals surface area contributed by atoms with E-state index >= 15 is 0 Å². The minimum atomic E-state index is -1.52. The lowest BCUT2D eigenvalue weighted by atomic mass is 10.2. The molecule has 1 aliphatic rings. The maximum atomic E-state index is 6.14. The Morgan fingerprint density at radius 3 is 2.44 bits per heavy atom. The molecule has 2 nitrogen and oxygen atoms in total. The zero-order valence-electron chi connectivity index (χ0n) is 12.8. The average molecular weight is 270 g/mol. The molecule has 18 heavy (non-hydrogen) atoms. The molecular formula is C15H30O2Si. The summed E-state index contributed by atoms with van der Waals surface area (Å²) in [6.07, 6.45) is 9.75. The first-order chi connectivity index (χ1) is 8.33. The van der Waals surface area contributed by atoms with Crippen LogP contribution in [0.4, 0.5) is 0 Å². The van der Waals surface area contributed by atoms with Gasteiger partial charge in [0.05, 0.1) is 12.7 Å². The van der Waals surface area contributed by atoms with E-state index in [2.05, 4.69) is 46.0 Å². The minimum absolute atomic E-state index is 0.331. The van der Waals surface area contributed by atoms with Crippen molar-refractivity contribution in [3.05, 3.63) is 12.2 Å². The van der Waals surface area contributed by atoms with Crippen LogP contribution in [0.1, 0.15) is 46.5 Å². The number of unbranched alkanes of at least 4 members (excludes halogenated alkanes) is 2. The lowest BCUT2D eigenvalue weighted by Gasteiger charge is -2.36. The number of rotatable bonds is 8. The van der Waals surface area contributed by atoms with Gasteiger partial charge >= 0.3 is 0 Å². The Hall–Kier alpha value is -0.123. The summed E-state index contributed by atoms with van der Waals surface area (Å²) in [5.41, 5.74) is 0. The topological polar surface area (TPSA) is 21.8 Å². The normalized spacial score (nSPS) is 20.6.